The van der Waals surface area contributed by atoms with Crippen LogP contribution in [0.4, 0.5) is 0 Å². The molecule has 1 atom stereocenters. The maximum Gasteiger partial charge on any atom is 0.0211 e. The van der Waals surface area contributed by atoms with Crippen LogP contribution in [0.2, 0.25) is 0 Å². The molecule has 0 radical (unpaired) electrons. The molecule has 0 aliphatic rings. The predicted molar refractivity (Wildman–Crippen MR) is 66.0 cm³/mol. The van der Waals surface area contributed by atoms with Crippen LogP contribution >= 0.6 is 0 Å². The Bertz CT molecular complexity index is 284. The van der Waals surface area contributed by atoms with Crippen LogP contribution in [-0.4, -0.2) is 19.6 Å². The first-order valence-electron chi connectivity index (χ1n) is 5.72. The maximum absolute atomic E-state index is 3.51. The lowest BCUT2D eigenvalue weighted by Gasteiger charge is -2.14. The number of aryl methyl sites for hydroxylation is 1. The smallest absolute Gasteiger partial charge is 0.0211 e. The Morgan fingerprint density at radius 2 is 1.87 bits per heavy atom. The Morgan fingerprint density at radius 1 is 1.20 bits per heavy atom. The van der Waals surface area contributed by atoms with E-state index in [0.717, 1.165) is 19.5 Å². The fourth-order valence-corrected chi connectivity index (χ4v) is 1.74. The van der Waals surface area contributed by atoms with Crippen LogP contribution in [-0.2, 0) is 13.0 Å². The second kappa shape index (κ2) is 6.59. The maximum atomic E-state index is 3.51. The average molecular weight is 206 g/mol. The Labute approximate surface area is 93.1 Å². The molecule has 1 aromatic carbocycles. The largest absolute Gasteiger partial charge is 0.318 e. The summed E-state index contributed by atoms with van der Waals surface area (Å²) in [6.45, 7) is 6.38. The highest BCUT2D eigenvalue weighted by atomic mass is 15.0. The Kier molecular flexibility index (Phi) is 5.37. The topological polar surface area (TPSA) is 24.1 Å². The molecule has 0 heterocycles. The molecule has 0 bridgehead atoms. The van der Waals surface area contributed by atoms with Crippen LogP contribution in [0.25, 0.3) is 0 Å². The lowest BCUT2D eigenvalue weighted by molar-refractivity contribution is 0.522. The molecule has 2 nitrogen and oxygen atoms in total. The van der Waals surface area contributed by atoms with E-state index < -0.39 is 0 Å². The van der Waals surface area contributed by atoms with Crippen molar-refractivity contribution in [1.29, 1.82) is 0 Å². The molecule has 2 N–H and O–H groups in total. The summed E-state index contributed by atoms with van der Waals surface area (Å²) in [5.74, 6) is 0. The molecule has 2 heteroatoms. The molecule has 15 heavy (non-hydrogen) atoms. The fraction of sp³-hybridized carbons (Fsp3) is 0.538. The van der Waals surface area contributed by atoms with Gasteiger partial charge in [0.25, 0.3) is 0 Å². The summed E-state index contributed by atoms with van der Waals surface area (Å²) in [6, 6.07) is 9.15. The minimum atomic E-state index is 0.514. The average Bonchev–Trinajstić information content (AvgIpc) is 2.27. The van der Waals surface area contributed by atoms with E-state index in [-0.39, 0.29) is 0 Å². The van der Waals surface area contributed by atoms with Gasteiger partial charge < -0.3 is 10.6 Å². The molecular formula is C13H22N2. The quantitative estimate of drug-likeness (QED) is 0.743. The second-order valence-electron chi connectivity index (χ2n) is 3.96. The summed E-state index contributed by atoms with van der Waals surface area (Å²) < 4.78 is 0. The van der Waals surface area contributed by atoms with E-state index in [1.54, 1.807) is 0 Å². The minimum Gasteiger partial charge on any atom is -0.318 e. The number of likely N-dealkylation sites (N-methyl/N-ethyl adjacent to an activating group) is 1. The standard InChI is InChI=1S/C13H22N2/c1-4-12-7-5-6-8-13(12)10-15-11(2)9-14-3/h5-8,11,14-15H,4,9-10H2,1-3H3. The van der Waals surface area contributed by atoms with Gasteiger partial charge in [-0.05, 0) is 31.5 Å². The molecule has 1 unspecified atom stereocenters. The van der Waals surface area contributed by atoms with Crippen molar-refractivity contribution in [3.05, 3.63) is 35.4 Å². The summed E-state index contributed by atoms with van der Waals surface area (Å²) in [4.78, 5) is 0. The van der Waals surface area contributed by atoms with Crippen molar-refractivity contribution in [2.75, 3.05) is 13.6 Å². The Morgan fingerprint density at radius 3 is 2.47 bits per heavy atom. The molecule has 0 aromatic heterocycles. The van der Waals surface area contributed by atoms with Crippen molar-refractivity contribution in [2.24, 2.45) is 0 Å². The number of benzene rings is 1. The molecular weight excluding hydrogens is 184 g/mol. The molecule has 0 saturated heterocycles. The highest BCUT2D eigenvalue weighted by molar-refractivity contribution is 5.26. The van der Waals surface area contributed by atoms with Gasteiger partial charge in [0.15, 0.2) is 0 Å². The van der Waals surface area contributed by atoms with Crippen LogP contribution in [0.3, 0.4) is 0 Å². The Balaban J connectivity index is 2.49. The number of hydrogen-bond acceptors (Lipinski definition) is 2. The fourth-order valence-electron chi connectivity index (χ4n) is 1.74. The van der Waals surface area contributed by atoms with E-state index in [4.69, 9.17) is 0 Å². The van der Waals surface area contributed by atoms with Crippen LogP contribution in [0, 0.1) is 0 Å². The van der Waals surface area contributed by atoms with Gasteiger partial charge in [-0.2, -0.15) is 0 Å². The molecule has 0 aliphatic heterocycles. The van der Waals surface area contributed by atoms with Gasteiger partial charge in [-0.1, -0.05) is 31.2 Å². The van der Waals surface area contributed by atoms with Crippen molar-refractivity contribution in [3.8, 4) is 0 Å². The summed E-state index contributed by atoms with van der Waals surface area (Å²) in [5, 5.41) is 6.68. The highest BCUT2D eigenvalue weighted by Gasteiger charge is 2.02. The first-order valence-corrected chi connectivity index (χ1v) is 5.72. The summed E-state index contributed by atoms with van der Waals surface area (Å²) >= 11 is 0. The Hall–Kier alpha value is -0.860. The SMILES string of the molecule is CCc1ccccc1CNC(C)CNC. The third-order valence-electron chi connectivity index (χ3n) is 2.65. The second-order valence-corrected chi connectivity index (χ2v) is 3.96. The number of hydrogen-bond donors (Lipinski definition) is 2. The zero-order valence-corrected chi connectivity index (χ0v) is 10.0. The normalized spacial score (nSPS) is 12.7. The third-order valence-corrected chi connectivity index (χ3v) is 2.65. The molecule has 0 saturated carbocycles. The van der Waals surface area contributed by atoms with Crippen molar-refractivity contribution < 1.29 is 0 Å². The minimum absolute atomic E-state index is 0.514. The van der Waals surface area contributed by atoms with Gasteiger partial charge >= 0.3 is 0 Å². The molecule has 0 amide bonds. The lowest BCUT2D eigenvalue weighted by Crippen LogP contribution is -2.34. The van der Waals surface area contributed by atoms with Gasteiger partial charge in [-0.3, -0.25) is 0 Å². The molecule has 1 aromatic rings. The van der Waals surface area contributed by atoms with Crippen molar-refractivity contribution in [2.45, 2.75) is 32.9 Å². The van der Waals surface area contributed by atoms with E-state index in [2.05, 4.69) is 48.7 Å². The zero-order valence-electron chi connectivity index (χ0n) is 10.0. The monoisotopic (exact) mass is 206 g/mol. The van der Waals surface area contributed by atoms with Crippen LogP contribution in [0.5, 0.6) is 0 Å². The summed E-state index contributed by atoms with van der Waals surface area (Å²) in [7, 11) is 1.98. The van der Waals surface area contributed by atoms with Crippen molar-refractivity contribution in [3.63, 3.8) is 0 Å². The van der Waals surface area contributed by atoms with Gasteiger partial charge in [0.2, 0.25) is 0 Å². The summed E-state index contributed by atoms with van der Waals surface area (Å²) in [5.41, 5.74) is 2.87. The van der Waals surface area contributed by atoms with Gasteiger partial charge in [0.05, 0.1) is 0 Å². The molecule has 0 aliphatic carbocycles. The van der Waals surface area contributed by atoms with Crippen molar-refractivity contribution in [1.82, 2.24) is 10.6 Å². The van der Waals surface area contributed by atoms with Crippen LogP contribution in [0.1, 0.15) is 25.0 Å². The van der Waals surface area contributed by atoms with Crippen LogP contribution in [0.15, 0.2) is 24.3 Å². The van der Waals surface area contributed by atoms with Crippen molar-refractivity contribution >= 4 is 0 Å². The predicted octanol–water partition coefficient (Wildman–Crippen LogP) is 1.95. The van der Waals surface area contributed by atoms with E-state index >= 15 is 0 Å². The molecule has 1 rings (SSSR count). The van der Waals surface area contributed by atoms with E-state index in [1.807, 2.05) is 7.05 Å². The van der Waals surface area contributed by atoms with Gasteiger partial charge in [0, 0.05) is 19.1 Å². The first kappa shape index (κ1) is 12.2. The highest BCUT2D eigenvalue weighted by Crippen LogP contribution is 2.08. The van der Waals surface area contributed by atoms with Gasteiger partial charge in [-0.15, -0.1) is 0 Å². The molecule has 84 valence electrons. The molecule has 0 spiro atoms. The summed E-state index contributed by atoms with van der Waals surface area (Å²) in [6.07, 6.45) is 1.11. The number of nitrogens with one attached hydrogen (secondary N) is 2. The first-order chi connectivity index (χ1) is 7.27. The molecule has 0 fully saturated rings. The van der Waals surface area contributed by atoms with E-state index in [1.165, 1.54) is 11.1 Å². The zero-order chi connectivity index (χ0) is 11.1. The third kappa shape index (κ3) is 4.02. The van der Waals surface area contributed by atoms with Crippen LogP contribution < -0.4 is 10.6 Å². The van der Waals surface area contributed by atoms with E-state index in [0.29, 0.717) is 6.04 Å². The number of rotatable bonds is 6. The van der Waals surface area contributed by atoms with Gasteiger partial charge in [-0.25, -0.2) is 0 Å². The van der Waals surface area contributed by atoms with Gasteiger partial charge in [0.1, 0.15) is 0 Å². The van der Waals surface area contributed by atoms with E-state index in [9.17, 15) is 0 Å². The lowest BCUT2D eigenvalue weighted by atomic mass is 10.1.